The minimum atomic E-state index is -0.301. The molecule has 0 radical (unpaired) electrons. The molecule has 1 aromatic heterocycles. The van der Waals surface area contributed by atoms with Crippen molar-refractivity contribution in [3.63, 3.8) is 0 Å². The lowest BCUT2D eigenvalue weighted by Crippen LogP contribution is -2.22. The Morgan fingerprint density at radius 2 is 2.06 bits per heavy atom. The largest absolute Gasteiger partial charge is 0.496 e. The summed E-state index contributed by atoms with van der Waals surface area (Å²) >= 11 is 0. The lowest BCUT2D eigenvalue weighted by Gasteiger charge is -2.25. The normalized spacial score (nSPS) is 12.1. The number of aromatic nitrogens is 1. The van der Waals surface area contributed by atoms with Gasteiger partial charge in [0.1, 0.15) is 5.75 Å². The van der Waals surface area contributed by atoms with E-state index in [2.05, 4.69) is 11.1 Å². The summed E-state index contributed by atoms with van der Waals surface area (Å²) < 4.78 is 5.53. The molecular weight excluding hydrogens is 214 g/mol. The van der Waals surface area contributed by atoms with Crippen LogP contribution in [-0.4, -0.2) is 23.8 Å². The van der Waals surface area contributed by atoms with Crippen molar-refractivity contribution < 1.29 is 9.84 Å². The van der Waals surface area contributed by atoms with Crippen LogP contribution in [0.4, 0.5) is 0 Å². The number of aliphatic hydroxyl groups excluding tert-OH is 1. The third kappa shape index (κ3) is 1.91. The topological polar surface area (TPSA) is 45.2 Å². The predicted molar refractivity (Wildman–Crippen MR) is 69.7 cm³/mol. The van der Waals surface area contributed by atoms with Gasteiger partial charge in [-0.2, -0.15) is 0 Å². The number of aromatic amines is 1. The number of aliphatic hydroxyl groups is 1. The summed E-state index contributed by atoms with van der Waals surface area (Å²) in [4.78, 5) is 3.29. The fourth-order valence-electron chi connectivity index (χ4n) is 2.15. The van der Waals surface area contributed by atoms with Gasteiger partial charge in [-0.15, -0.1) is 0 Å². The molecule has 0 aliphatic rings. The van der Waals surface area contributed by atoms with Crippen LogP contribution in [-0.2, 0) is 5.41 Å². The first-order valence-corrected chi connectivity index (χ1v) is 5.77. The third-order valence-electron chi connectivity index (χ3n) is 3.22. The van der Waals surface area contributed by atoms with Crippen molar-refractivity contribution in [3.05, 3.63) is 29.5 Å². The molecule has 2 aromatic rings. The summed E-state index contributed by atoms with van der Waals surface area (Å²) in [5.41, 5.74) is 2.91. The van der Waals surface area contributed by atoms with Crippen molar-refractivity contribution in [3.8, 4) is 5.75 Å². The van der Waals surface area contributed by atoms with Gasteiger partial charge in [0.2, 0.25) is 0 Å². The van der Waals surface area contributed by atoms with Crippen molar-refractivity contribution in [1.29, 1.82) is 0 Å². The Morgan fingerprint density at radius 1 is 1.35 bits per heavy atom. The van der Waals surface area contributed by atoms with E-state index < -0.39 is 0 Å². The van der Waals surface area contributed by atoms with Crippen LogP contribution in [0.3, 0.4) is 0 Å². The molecule has 3 heteroatoms. The number of benzene rings is 1. The molecule has 0 fully saturated rings. The molecule has 0 spiro atoms. The molecule has 0 unspecified atom stereocenters. The molecule has 3 nitrogen and oxygen atoms in total. The number of hydrogen-bond donors (Lipinski definition) is 2. The number of ether oxygens (including phenoxy) is 1. The molecular formula is C14H19NO2. The zero-order chi connectivity index (χ0) is 12.6. The first kappa shape index (κ1) is 12.0. The van der Waals surface area contributed by atoms with Gasteiger partial charge in [0.05, 0.1) is 13.7 Å². The molecule has 0 saturated carbocycles. The number of hydrogen-bond acceptors (Lipinski definition) is 2. The zero-order valence-corrected chi connectivity index (χ0v) is 10.8. The van der Waals surface area contributed by atoms with Gasteiger partial charge in [-0.1, -0.05) is 19.9 Å². The van der Waals surface area contributed by atoms with Crippen molar-refractivity contribution in [2.45, 2.75) is 26.2 Å². The van der Waals surface area contributed by atoms with Crippen LogP contribution in [0, 0.1) is 6.92 Å². The predicted octanol–water partition coefficient (Wildman–Crippen LogP) is 2.75. The van der Waals surface area contributed by atoms with Crippen molar-refractivity contribution in [1.82, 2.24) is 4.98 Å². The van der Waals surface area contributed by atoms with Crippen LogP contribution in [0.25, 0.3) is 10.9 Å². The molecule has 0 bridgehead atoms. The van der Waals surface area contributed by atoms with Crippen LogP contribution in [0.5, 0.6) is 5.75 Å². The van der Waals surface area contributed by atoms with E-state index in [1.165, 1.54) is 0 Å². The van der Waals surface area contributed by atoms with E-state index in [0.29, 0.717) is 0 Å². The third-order valence-corrected chi connectivity index (χ3v) is 3.22. The number of rotatable bonds is 3. The first-order chi connectivity index (χ1) is 7.99. The zero-order valence-electron chi connectivity index (χ0n) is 10.8. The Kier molecular flexibility index (Phi) is 2.87. The Balaban J connectivity index is 2.72. The van der Waals surface area contributed by atoms with Gasteiger partial charge < -0.3 is 14.8 Å². The van der Waals surface area contributed by atoms with Crippen molar-refractivity contribution >= 4 is 10.9 Å². The Bertz CT molecular complexity index is 540. The summed E-state index contributed by atoms with van der Waals surface area (Å²) in [5, 5.41) is 10.6. The number of nitrogens with one attached hydrogen (secondary N) is 1. The minimum absolute atomic E-state index is 0.0955. The average Bonchev–Trinajstić information content (AvgIpc) is 2.67. The Morgan fingerprint density at radius 3 is 2.65 bits per heavy atom. The lowest BCUT2D eigenvalue weighted by atomic mass is 9.84. The van der Waals surface area contributed by atoms with Crippen molar-refractivity contribution in [2.24, 2.45) is 0 Å². The SMILES string of the molecule is COc1c(C(C)(C)CO)ccc2[nH]c(C)cc12. The monoisotopic (exact) mass is 233 g/mol. The number of aryl methyl sites for hydroxylation is 1. The van der Waals surface area contributed by atoms with Crippen LogP contribution < -0.4 is 4.74 Å². The molecule has 0 saturated heterocycles. The summed E-state index contributed by atoms with van der Waals surface area (Å²) in [6.45, 7) is 6.14. The van der Waals surface area contributed by atoms with Gasteiger partial charge in [0.15, 0.2) is 0 Å². The number of fused-ring (bicyclic) bond motifs is 1. The number of H-pyrrole nitrogens is 1. The summed E-state index contributed by atoms with van der Waals surface area (Å²) in [6, 6.07) is 6.13. The molecule has 2 rings (SSSR count). The van der Waals surface area contributed by atoms with E-state index in [0.717, 1.165) is 27.9 Å². The maximum Gasteiger partial charge on any atom is 0.132 e. The molecule has 92 valence electrons. The highest BCUT2D eigenvalue weighted by Crippen LogP contribution is 2.37. The smallest absolute Gasteiger partial charge is 0.132 e. The highest BCUT2D eigenvalue weighted by molar-refractivity contribution is 5.88. The molecule has 0 aliphatic carbocycles. The Labute approximate surface area is 101 Å². The van der Waals surface area contributed by atoms with E-state index >= 15 is 0 Å². The van der Waals surface area contributed by atoms with Gasteiger partial charge in [0.25, 0.3) is 0 Å². The molecule has 0 aliphatic heterocycles. The minimum Gasteiger partial charge on any atom is -0.496 e. The van der Waals surface area contributed by atoms with Gasteiger partial charge in [-0.05, 0) is 19.1 Å². The van der Waals surface area contributed by atoms with Gasteiger partial charge >= 0.3 is 0 Å². The van der Waals surface area contributed by atoms with E-state index in [9.17, 15) is 5.11 Å². The summed E-state index contributed by atoms with van der Waals surface area (Å²) in [5.74, 6) is 0.853. The van der Waals surface area contributed by atoms with E-state index in [1.807, 2.05) is 32.9 Å². The van der Waals surface area contributed by atoms with Crippen LogP contribution >= 0.6 is 0 Å². The maximum absolute atomic E-state index is 9.48. The fourth-order valence-corrected chi connectivity index (χ4v) is 2.15. The fraction of sp³-hybridized carbons (Fsp3) is 0.429. The quantitative estimate of drug-likeness (QED) is 0.856. The highest BCUT2D eigenvalue weighted by Gasteiger charge is 2.25. The second-order valence-electron chi connectivity index (χ2n) is 5.10. The Hall–Kier alpha value is -1.48. The van der Waals surface area contributed by atoms with Gasteiger partial charge in [-0.3, -0.25) is 0 Å². The average molecular weight is 233 g/mol. The maximum atomic E-state index is 9.48. The second kappa shape index (κ2) is 4.08. The molecule has 0 amide bonds. The molecule has 0 atom stereocenters. The second-order valence-corrected chi connectivity index (χ2v) is 5.10. The lowest BCUT2D eigenvalue weighted by molar-refractivity contribution is 0.215. The van der Waals surface area contributed by atoms with Gasteiger partial charge in [0, 0.05) is 27.6 Å². The van der Waals surface area contributed by atoms with Gasteiger partial charge in [-0.25, -0.2) is 0 Å². The number of methoxy groups -OCH3 is 1. The van der Waals surface area contributed by atoms with Crippen LogP contribution in [0.2, 0.25) is 0 Å². The first-order valence-electron chi connectivity index (χ1n) is 5.77. The highest BCUT2D eigenvalue weighted by atomic mass is 16.5. The molecule has 1 heterocycles. The summed E-state index contributed by atoms with van der Waals surface area (Å²) in [7, 11) is 1.67. The van der Waals surface area contributed by atoms with E-state index in [4.69, 9.17) is 4.74 Å². The van der Waals surface area contributed by atoms with Crippen LogP contribution in [0.1, 0.15) is 25.1 Å². The molecule has 17 heavy (non-hydrogen) atoms. The van der Waals surface area contributed by atoms with E-state index in [1.54, 1.807) is 7.11 Å². The molecule has 2 N–H and O–H groups in total. The van der Waals surface area contributed by atoms with E-state index in [-0.39, 0.29) is 12.0 Å². The summed E-state index contributed by atoms with van der Waals surface area (Å²) in [6.07, 6.45) is 0. The standard InChI is InChI=1S/C14H19NO2/c1-9-7-10-12(15-9)6-5-11(13(10)17-4)14(2,3)8-16/h5-7,15-16H,8H2,1-4H3. The molecule has 1 aromatic carbocycles. The van der Waals surface area contributed by atoms with Crippen molar-refractivity contribution in [2.75, 3.05) is 13.7 Å². The van der Waals surface area contributed by atoms with Crippen LogP contribution in [0.15, 0.2) is 18.2 Å².